The molecule has 19 heavy (non-hydrogen) atoms. The Bertz CT molecular complexity index is 519. The lowest BCUT2D eigenvalue weighted by atomic mass is 10.2. The molecule has 0 saturated carbocycles. The van der Waals surface area contributed by atoms with Gasteiger partial charge in [-0.3, -0.25) is 19.7 Å². The van der Waals surface area contributed by atoms with Crippen molar-refractivity contribution in [2.45, 2.75) is 4.90 Å². The SMILES string of the molecule is CSc1ccc(C(=O)NOCC(=O)O)cc1[N+](=O)[O-]. The van der Waals surface area contributed by atoms with Crippen LogP contribution in [0.1, 0.15) is 10.4 Å². The lowest BCUT2D eigenvalue weighted by molar-refractivity contribution is -0.387. The first kappa shape index (κ1) is 14.9. The second kappa shape index (κ2) is 6.71. The van der Waals surface area contributed by atoms with Gasteiger partial charge < -0.3 is 5.11 Å². The van der Waals surface area contributed by atoms with Gasteiger partial charge in [0, 0.05) is 11.6 Å². The first-order chi connectivity index (χ1) is 8.95. The number of carbonyl (C=O) groups is 2. The number of nitrogens with one attached hydrogen (secondary N) is 1. The summed E-state index contributed by atoms with van der Waals surface area (Å²) in [5.41, 5.74) is 1.70. The number of carboxylic acids is 1. The van der Waals surface area contributed by atoms with Crippen molar-refractivity contribution in [2.24, 2.45) is 0 Å². The topological polar surface area (TPSA) is 119 Å². The van der Waals surface area contributed by atoms with E-state index < -0.39 is 23.4 Å². The van der Waals surface area contributed by atoms with Crippen molar-refractivity contribution in [3.05, 3.63) is 33.9 Å². The van der Waals surface area contributed by atoms with Gasteiger partial charge in [-0.15, -0.1) is 11.8 Å². The predicted molar refractivity (Wildman–Crippen MR) is 65.9 cm³/mol. The van der Waals surface area contributed by atoms with Crippen LogP contribution in [0.15, 0.2) is 23.1 Å². The van der Waals surface area contributed by atoms with Gasteiger partial charge in [0.2, 0.25) is 0 Å². The summed E-state index contributed by atoms with van der Waals surface area (Å²) < 4.78 is 0. The Hall–Kier alpha value is -2.13. The molecule has 1 aromatic carbocycles. The van der Waals surface area contributed by atoms with Gasteiger partial charge in [-0.25, -0.2) is 10.3 Å². The van der Waals surface area contributed by atoms with Crippen LogP contribution in [0, 0.1) is 10.1 Å². The number of carbonyl (C=O) groups excluding carboxylic acids is 1. The van der Waals surface area contributed by atoms with Crippen LogP contribution in [0.5, 0.6) is 0 Å². The highest BCUT2D eigenvalue weighted by atomic mass is 32.2. The normalized spacial score (nSPS) is 9.95. The van der Waals surface area contributed by atoms with Gasteiger partial charge in [0.1, 0.15) is 0 Å². The molecule has 0 atom stereocenters. The molecule has 0 spiro atoms. The number of hydrogen-bond acceptors (Lipinski definition) is 6. The summed E-state index contributed by atoms with van der Waals surface area (Å²) in [6.07, 6.45) is 1.68. The van der Waals surface area contributed by atoms with E-state index in [0.29, 0.717) is 4.90 Å². The molecular formula is C10H10N2O6S. The van der Waals surface area contributed by atoms with Gasteiger partial charge in [0.25, 0.3) is 11.6 Å². The van der Waals surface area contributed by atoms with Crippen molar-refractivity contribution in [1.29, 1.82) is 0 Å². The van der Waals surface area contributed by atoms with Crippen LogP contribution in [0.3, 0.4) is 0 Å². The van der Waals surface area contributed by atoms with Crippen LogP contribution in [0.4, 0.5) is 5.69 Å². The number of carboxylic acid groups (broad SMARTS) is 1. The maximum Gasteiger partial charge on any atom is 0.332 e. The minimum Gasteiger partial charge on any atom is -0.479 e. The molecule has 1 amide bonds. The van der Waals surface area contributed by atoms with E-state index in [0.717, 1.165) is 6.07 Å². The number of nitro groups is 1. The molecule has 0 heterocycles. The van der Waals surface area contributed by atoms with E-state index in [1.54, 1.807) is 6.26 Å². The van der Waals surface area contributed by atoms with E-state index in [9.17, 15) is 19.7 Å². The maximum absolute atomic E-state index is 11.5. The van der Waals surface area contributed by atoms with Crippen molar-refractivity contribution in [3.8, 4) is 0 Å². The fourth-order valence-electron chi connectivity index (χ4n) is 1.20. The predicted octanol–water partition coefficient (Wildman–Crippen LogP) is 1.06. The Kier molecular flexibility index (Phi) is 5.27. The van der Waals surface area contributed by atoms with E-state index in [4.69, 9.17) is 5.11 Å². The van der Waals surface area contributed by atoms with Crippen molar-refractivity contribution in [3.63, 3.8) is 0 Å². The van der Waals surface area contributed by atoms with Crippen LogP contribution < -0.4 is 5.48 Å². The highest BCUT2D eigenvalue weighted by Crippen LogP contribution is 2.28. The van der Waals surface area contributed by atoms with Crippen LogP contribution >= 0.6 is 11.8 Å². The highest BCUT2D eigenvalue weighted by Gasteiger charge is 2.17. The van der Waals surface area contributed by atoms with E-state index in [1.807, 2.05) is 5.48 Å². The second-order valence-corrected chi connectivity index (χ2v) is 4.11. The van der Waals surface area contributed by atoms with E-state index >= 15 is 0 Å². The number of nitrogens with zero attached hydrogens (tertiary/aromatic N) is 1. The summed E-state index contributed by atoms with van der Waals surface area (Å²) in [6, 6.07) is 3.93. The van der Waals surface area contributed by atoms with Crippen molar-refractivity contribution in [1.82, 2.24) is 5.48 Å². The molecule has 0 bridgehead atoms. The van der Waals surface area contributed by atoms with Gasteiger partial charge in [0.05, 0.1) is 9.82 Å². The number of nitro benzene ring substituents is 1. The third kappa shape index (κ3) is 4.23. The molecule has 1 aromatic rings. The van der Waals surface area contributed by atoms with Crippen LogP contribution in [0.25, 0.3) is 0 Å². The Morgan fingerprint density at radius 2 is 2.21 bits per heavy atom. The molecule has 0 aromatic heterocycles. The zero-order valence-electron chi connectivity index (χ0n) is 9.78. The molecule has 0 aliphatic rings. The van der Waals surface area contributed by atoms with Crippen LogP contribution in [-0.2, 0) is 9.63 Å². The number of hydroxylamine groups is 1. The third-order valence-corrected chi connectivity index (χ3v) is 2.78. The Balaban J connectivity index is 2.83. The monoisotopic (exact) mass is 286 g/mol. The average molecular weight is 286 g/mol. The van der Waals surface area contributed by atoms with Crippen molar-refractivity contribution >= 4 is 29.3 Å². The summed E-state index contributed by atoms with van der Waals surface area (Å²) in [7, 11) is 0. The summed E-state index contributed by atoms with van der Waals surface area (Å²) in [5, 5.41) is 19.1. The van der Waals surface area contributed by atoms with Gasteiger partial charge in [0.15, 0.2) is 6.61 Å². The van der Waals surface area contributed by atoms with Gasteiger partial charge >= 0.3 is 5.97 Å². The fourth-order valence-corrected chi connectivity index (χ4v) is 1.74. The molecular weight excluding hydrogens is 276 g/mol. The zero-order valence-corrected chi connectivity index (χ0v) is 10.6. The standard InChI is InChI=1S/C10H10N2O6S/c1-19-8-3-2-6(4-7(8)12(16)17)10(15)11-18-5-9(13)14/h2-4H,5H2,1H3,(H,11,15)(H,13,14). The molecule has 102 valence electrons. The Labute approximate surface area is 111 Å². The number of thioether (sulfide) groups is 1. The minimum atomic E-state index is -1.25. The quantitative estimate of drug-likeness (QED) is 0.456. The molecule has 0 aliphatic carbocycles. The molecule has 0 fully saturated rings. The Morgan fingerprint density at radius 1 is 1.53 bits per heavy atom. The number of benzene rings is 1. The molecule has 2 N–H and O–H groups in total. The van der Waals surface area contributed by atoms with E-state index in [1.165, 1.54) is 23.9 Å². The number of hydrogen-bond donors (Lipinski definition) is 2. The molecule has 8 nitrogen and oxygen atoms in total. The van der Waals surface area contributed by atoms with Gasteiger partial charge in [-0.2, -0.15) is 0 Å². The number of amides is 1. The lowest BCUT2D eigenvalue weighted by Gasteiger charge is -2.05. The van der Waals surface area contributed by atoms with Crippen LogP contribution in [0.2, 0.25) is 0 Å². The summed E-state index contributed by atoms with van der Waals surface area (Å²) in [4.78, 5) is 36.8. The summed E-state index contributed by atoms with van der Waals surface area (Å²) >= 11 is 1.18. The van der Waals surface area contributed by atoms with Gasteiger partial charge in [-0.1, -0.05) is 0 Å². The first-order valence-electron chi connectivity index (χ1n) is 4.92. The molecule has 1 rings (SSSR count). The van der Waals surface area contributed by atoms with E-state index in [-0.39, 0.29) is 11.3 Å². The summed E-state index contributed by atoms with van der Waals surface area (Å²) in [6.45, 7) is -0.698. The largest absolute Gasteiger partial charge is 0.479 e. The highest BCUT2D eigenvalue weighted by molar-refractivity contribution is 7.98. The molecule has 0 saturated heterocycles. The summed E-state index contributed by atoms with van der Waals surface area (Å²) in [5.74, 6) is -2.00. The third-order valence-electron chi connectivity index (χ3n) is 2.00. The zero-order chi connectivity index (χ0) is 14.4. The van der Waals surface area contributed by atoms with Crippen molar-refractivity contribution in [2.75, 3.05) is 12.9 Å². The fraction of sp³-hybridized carbons (Fsp3) is 0.200. The maximum atomic E-state index is 11.5. The number of rotatable bonds is 6. The molecule has 0 unspecified atom stereocenters. The van der Waals surface area contributed by atoms with E-state index in [2.05, 4.69) is 4.84 Å². The molecule has 0 aliphatic heterocycles. The second-order valence-electron chi connectivity index (χ2n) is 3.26. The molecule has 9 heteroatoms. The number of aliphatic carboxylic acids is 1. The first-order valence-corrected chi connectivity index (χ1v) is 6.14. The molecule has 0 radical (unpaired) electrons. The Morgan fingerprint density at radius 3 is 2.74 bits per heavy atom. The van der Waals surface area contributed by atoms with Gasteiger partial charge in [-0.05, 0) is 18.4 Å². The van der Waals surface area contributed by atoms with Crippen molar-refractivity contribution < 1.29 is 24.5 Å². The lowest BCUT2D eigenvalue weighted by Crippen LogP contribution is -2.26. The smallest absolute Gasteiger partial charge is 0.332 e. The average Bonchev–Trinajstić information content (AvgIpc) is 2.37. The minimum absolute atomic E-state index is 0.00916. The van der Waals surface area contributed by atoms with Crippen LogP contribution in [-0.4, -0.2) is 34.8 Å².